The lowest BCUT2D eigenvalue weighted by Crippen LogP contribution is -2.00. The van der Waals surface area contributed by atoms with E-state index in [0.29, 0.717) is 15.3 Å². The molecule has 0 bridgehead atoms. The molecule has 0 fully saturated rings. The van der Waals surface area contributed by atoms with Crippen molar-refractivity contribution < 1.29 is 9.53 Å². The van der Waals surface area contributed by atoms with Gasteiger partial charge in [-0.25, -0.2) is 4.85 Å². The standard InChI is InChI=1S/C12H5ClN2O2S/c1-4-17-12(16)9(15-3)5-10-11(13)8(6-14)7(2)18-10/h1,5H,2H3/b9-5-. The van der Waals surface area contributed by atoms with Gasteiger partial charge in [0.05, 0.1) is 17.2 Å². The van der Waals surface area contributed by atoms with Gasteiger partial charge in [0.25, 0.3) is 5.70 Å². The van der Waals surface area contributed by atoms with Crippen molar-refractivity contribution in [1.29, 1.82) is 5.26 Å². The Bertz CT molecular complexity index is 653. The van der Waals surface area contributed by atoms with Crippen LogP contribution in [0.5, 0.6) is 0 Å². The zero-order valence-electron chi connectivity index (χ0n) is 9.15. The van der Waals surface area contributed by atoms with Gasteiger partial charge in [0.15, 0.2) is 0 Å². The largest absolute Gasteiger partial charge is 0.378 e. The predicted octanol–water partition coefficient (Wildman–Crippen LogP) is 2.98. The van der Waals surface area contributed by atoms with Crippen molar-refractivity contribution in [3.8, 4) is 18.6 Å². The molecule has 0 N–H and O–H groups in total. The number of carbonyl (C=O) groups excluding carboxylic acids is 1. The summed E-state index contributed by atoms with van der Waals surface area (Å²) >= 11 is 7.17. The monoisotopic (exact) mass is 276 g/mol. The van der Waals surface area contributed by atoms with Crippen LogP contribution in [0, 0.1) is 37.4 Å². The van der Waals surface area contributed by atoms with Crippen LogP contribution in [0.3, 0.4) is 0 Å². The smallest absolute Gasteiger partial charge is 0.350 e. The van der Waals surface area contributed by atoms with E-state index in [2.05, 4.69) is 9.58 Å². The molecular formula is C12H5ClN2O2S. The molecule has 88 valence electrons. The Balaban J connectivity index is 3.25. The third kappa shape index (κ3) is 2.70. The first-order valence-corrected chi connectivity index (χ1v) is 5.69. The topological polar surface area (TPSA) is 54.5 Å². The van der Waals surface area contributed by atoms with Crippen molar-refractivity contribution in [2.45, 2.75) is 6.92 Å². The summed E-state index contributed by atoms with van der Waals surface area (Å²) in [6.45, 7) is 8.60. The van der Waals surface area contributed by atoms with E-state index in [1.165, 1.54) is 17.4 Å². The third-order valence-electron chi connectivity index (χ3n) is 1.91. The molecule has 1 aromatic rings. The van der Waals surface area contributed by atoms with Crippen LogP contribution in [0.2, 0.25) is 5.02 Å². The van der Waals surface area contributed by atoms with Crippen LogP contribution >= 0.6 is 22.9 Å². The van der Waals surface area contributed by atoms with Crippen LogP contribution in [-0.2, 0) is 9.53 Å². The van der Waals surface area contributed by atoms with Gasteiger partial charge in [-0.2, -0.15) is 5.26 Å². The highest BCUT2D eigenvalue weighted by molar-refractivity contribution is 7.13. The molecule has 0 radical (unpaired) electrons. The number of nitrogens with zero attached hydrogens (tertiary/aromatic N) is 2. The van der Waals surface area contributed by atoms with Gasteiger partial charge in [0, 0.05) is 9.75 Å². The van der Waals surface area contributed by atoms with Crippen LogP contribution in [-0.4, -0.2) is 5.97 Å². The molecule has 18 heavy (non-hydrogen) atoms. The minimum Gasteiger partial charge on any atom is -0.378 e. The Labute approximate surface area is 113 Å². The van der Waals surface area contributed by atoms with Crippen molar-refractivity contribution >= 4 is 35.0 Å². The minimum absolute atomic E-state index is 0.217. The number of rotatable bonds is 2. The fraction of sp³-hybridized carbons (Fsp3) is 0.0833. The van der Waals surface area contributed by atoms with E-state index in [1.807, 2.05) is 6.07 Å². The maximum absolute atomic E-state index is 11.3. The highest BCUT2D eigenvalue weighted by Crippen LogP contribution is 2.33. The van der Waals surface area contributed by atoms with E-state index in [0.717, 1.165) is 0 Å². The number of hydrogen-bond donors (Lipinski definition) is 0. The molecule has 1 rings (SSSR count). The lowest BCUT2D eigenvalue weighted by molar-refractivity contribution is -0.132. The van der Waals surface area contributed by atoms with Gasteiger partial charge < -0.3 is 4.74 Å². The van der Waals surface area contributed by atoms with E-state index >= 15 is 0 Å². The normalized spacial score (nSPS) is 10.1. The second-order valence-corrected chi connectivity index (χ2v) is 4.61. The average Bonchev–Trinajstić information content (AvgIpc) is 2.61. The van der Waals surface area contributed by atoms with Crippen LogP contribution in [0.25, 0.3) is 10.9 Å². The molecule has 4 nitrogen and oxygen atoms in total. The molecule has 0 amide bonds. The van der Waals surface area contributed by atoms with Crippen LogP contribution in [0.15, 0.2) is 5.70 Å². The lowest BCUT2D eigenvalue weighted by Gasteiger charge is -1.94. The SMILES string of the molecule is [C-]#[N+]/C(=C\c1sc(C)c(C#N)c1Cl)C(=O)OC#C. The highest BCUT2D eigenvalue weighted by atomic mass is 35.5. The van der Waals surface area contributed by atoms with E-state index in [4.69, 9.17) is 29.9 Å². The van der Waals surface area contributed by atoms with Crippen molar-refractivity contribution in [1.82, 2.24) is 0 Å². The van der Waals surface area contributed by atoms with Gasteiger partial charge in [-0.05, 0) is 13.0 Å². The molecule has 0 aliphatic heterocycles. The van der Waals surface area contributed by atoms with Gasteiger partial charge in [-0.15, -0.1) is 11.3 Å². The molecule has 0 aliphatic rings. The quantitative estimate of drug-likeness (QED) is 0.361. The Morgan fingerprint density at radius 3 is 2.83 bits per heavy atom. The Hall–Kier alpha value is -2.26. The zero-order chi connectivity index (χ0) is 13.7. The lowest BCUT2D eigenvalue weighted by atomic mass is 10.2. The minimum atomic E-state index is -0.923. The Kier molecular flexibility index (Phi) is 4.52. The molecule has 0 saturated heterocycles. The molecule has 0 atom stereocenters. The van der Waals surface area contributed by atoms with Crippen LogP contribution in [0.4, 0.5) is 0 Å². The summed E-state index contributed by atoms with van der Waals surface area (Å²) in [5, 5.41) is 9.09. The van der Waals surface area contributed by atoms with Gasteiger partial charge in [-0.1, -0.05) is 18.0 Å². The summed E-state index contributed by atoms with van der Waals surface area (Å²) in [6.07, 6.45) is 7.76. The second-order valence-electron chi connectivity index (χ2n) is 2.97. The number of ether oxygens (including phenoxy) is 1. The Morgan fingerprint density at radius 1 is 1.72 bits per heavy atom. The van der Waals surface area contributed by atoms with E-state index in [9.17, 15) is 4.79 Å². The van der Waals surface area contributed by atoms with Crippen molar-refractivity contribution in [3.63, 3.8) is 0 Å². The number of nitriles is 1. The molecule has 6 heteroatoms. The molecule has 1 aromatic heterocycles. The summed E-state index contributed by atoms with van der Waals surface area (Å²) in [5.74, 6) is -0.923. The van der Waals surface area contributed by atoms with E-state index in [-0.39, 0.29) is 10.7 Å². The maximum Gasteiger partial charge on any atom is 0.350 e. The summed E-state index contributed by atoms with van der Waals surface area (Å²) in [4.78, 5) is 15.5. The molecule has 0 unspecified atom stereocenters. The number of carbonyl (C=O) groups is 1. The van der Waals surface area contributed by atoms with Gasteiger partial charge in [0.1, 0.15) is 12.2 Å². The van der Waals surface area contributed by atoms with Gasteiger partial charge in [0.2, 0.25) is 0 Å². The predicted molar refractivity (Wildman–Crippen MR) is 68.3 cm³/mol. The molecule has 0 aliphatic carbocycles. The first-order chi connectivity index (χ1) is 8.54. The molecule has 0 saturated carbocycles. The molecular weight excluding hydrogens is 272 g/mol. The zero-order valence-corrected chi connectivity index (χ0v) is 10.7. The van der Waals surface area contributed by atoms with Crippen molar-refractivity contribution in [2.24, 2.45) is 0 Å². The highest BCUT2D eigenvalue weighted by Gasteiger charge is 2.16. The number of thiophene rings is 1. The number of esters is 1. The number of aryl methyl sites for hydroxylation is 1. The van der Waals surface area contributed by atoms with Crippen LogP contribution < -0.4 is 0 Å². The summed E-state index contributed by atoms with van der Waals surface area (Å²) in [5.41, 5.74) is 0.0446. The van der Waals surface area contributed by atoms with Gasteiger partial charge >= 0.3 is 5.97 Å². The average molecular weight is 277 g/mol. The summed E-state index contributed by atoms with van der Waals surface area (Å²) in [7, 11) is 0. The first-order valence-electron chi connectivity index (χ1n) is 4.50. The van der Waals surface area contributed by atoms with Crippen molar-refractivity contribution in [3.05, 3.63) is 37.5 Å². The number of terminal acetylenes is 1. The van der Waals surface area contributed by atoms with Gasteiger partial charge in [-0.3, -0.25) is 4.79 Å². The second kappa shape index (κ2) is 5.89. The number of halogens is 1. The third-order valence-corrected chi connectivity index (χ3v) is 3.47. The maximum atomic E-state index is 11.3. The fourth-order valence-corrected chi connectivity index (χ4v) is 2.48. The van der Waals surface area contributed by atoms with Crippen molar-refractivity contribution in [2.75, 3.05) is 0 Å². The fourth-order valence-electron chi connectivity index (χ4n) is 1.13. The summed E-state index contributed by atoms with van der Waals surface area (Å²) < 4.78 is 4.27. The van der Waals surface area contributed by atoms with E-state index in [1.54, 1.807) is 13.0 Å². The van der Waals surface area contributed by atoms with E-state index < -0.39 is 5.97 Å². The molecule has 0 aromatic carbocycles. The molecule has 0 spiro atoms. The van der Waals surface area contributed by atoms with Crippen LogP contribution in [0.1, 0.15) is 15.3 Å². The molecule has 1 heterocycles. The number of hydrogen-bond acceptors (Lipinski definition) is 4. The Morgan fingerprint density at radius 2 is 2.39 bits per heavy atom. The first kappa shape index (κ1) is 13.8. The summed E-state index contributed by atoms with van der Waals surface area (Å²) in [6, 6.07) is 1.95.